The van der Waals surface area contributed by atoms with E-state index in [1.165, 1.54) is 449 Å². The summed E-state index contributed by atoms with van der Waals surface area (Å²) < 4.78 is 0. The van der Waals surface area contributed by atoms with Gasteiger partial charge in [-0.05, 0) is 73.3 Å². The number of nitrogens with zero attached hydrogens (tertiary/aromatic N) is 2. The van der Waals surface area contributed by atoms with Crippen molar-refractivity contribution in [1.82, 2.24) is 0 Å². The number of allylic oxidation sites excluding steroid dienone is 2. The second-order valence-electron chi connectivity index (χ2n) is 30.4. The molecule has 560 valence electrons. The molecule has 0 heterocycles. The summed E-state index contributed by atoms with van der Waals surface area (Å²) in [4.78, 5) is 3.41. The van der Waals surface area contributed by atoms with Crippen molar-refractivity contribution in [3.8, 4) is 0 Å². The summed E-state index contributed by atoms with van der Waals surface area (Å²) in [5, 5.41) is 2.87. The van der Waals surface area contributed by atoms with Gasteiger partial charge in [0.2, 0.25) is 0 Å². The first kappa shape index (κ1) is 91.8. The second kappa shape index (κ2) is 77.0. The minimum Gasteiger partial charge on any atom is -0.0654 e. The van der Waals surface area contributed by atoms with Crippen LogP contribution in [0.15, 0.2) is 59.7 Å². The van der Waals surface area contributed by atoms with E-state index in [9.17, 15) is 5.53 Å². The van der Waals surface area contributed by atoms with E-state index in [0.29, 0.717) is 0 Å². The van der Waals surface area contributed by atoms with Gasteiger partial charge < -0.3 is 5.53 Å². The number of unbranched alkanes of at least 4 members (excludes halogenated alkanes) is 61. The van der Waals surface area contributed by atoms with Gasteiger partial charge in [0.25, 0.3) is 0 Å². The van der Waals surface area contributed by atoms with Crippen molar-refractivity contribution in [3.63, 3.8) is 0 Å². The van der Waals surface area contributed by atoms with Crippen LogP contribution >= 0.6 is 0 Å². The zero-order valence-corrected chi connectivity index (χ0v) is 67.0. The first-order valence-corrected chi connectivity index (χ1v) is 45.3. The molecular weight excluding hydrogens is 1200 g/mol. The minimum absolute atomic E-state index is 0.903. The smallest absolute Gasteiger partial charge is 0.0654 e. The van der Waals surface area contributed by atoms with E-state index in [1.807, 2.05) is 0 Å². The summed E-state index contributed by atoms with van der Waals surface area (Å²) in [5.74, 6) is 3.01. The van der Waals surface area contributed by atoms with Gasteiger partial charge in [-0.15, -0.1) is 4.79 Å². The molecule has 0 amide bonds. The Hall–Kier alpha value is -2.17. The molecule has 96 heavy (non-hydrogen) atoms. The van der Waals surface area contributed by atoms with E-state index in [4.69, 9.17) is 0 Å². The van der Waals surface area contributed by atoms with Crippen molar-refractivity contribution in [2.45, 2.75) is 495 Å². The number of aryl methyl sites for hydroxylation is 2. The molecule has 0 aromatic heterocycles. The summed E-state index contributed by atoms with van der Waals surface area (Å²) in [6.07, 6.45) is 98.3. The van der Waals surface area contributed by atoms with E-state index in [0.717, 1.165) is 44.1 Å². The van der Waals surface area contributed by atoms with Crippen molar-refractivity contribution in [3.05, 3.63) is 87.5 Å². The number of benzene rings is 2. The van der Waals surface area contributed by atoms with Gasteiger partial charge in [-0.25, -0.2) is 0 Å². The van der Waals surface area contributed by atoms with Crippen LogP contribution in [0, 0.1) is 6.92 Å². The summed E-state index contributed by atoms with van der Waals surface area (Å²) in [6.45, 7) is 13.5. The molecule has 2 nitrogen and oxygen atoms in total. The summed E-state index contributed by atoms with van der Waals surface area (Å²) in [7, 11) is 0. The maximum absolute atomic E-state index is 9.55. The van der Waals surface area contributed by atoms with Crippen LogP contribution in [0.1, 0.15) is 493 Å². The normalized spacial score (nSPS) is 11.7. The average molecular weight is 1370 g/mol. The van der Waals surface area contributed by atoms with Gasteiger partial charge in [0, 0.05) is 0 Å². The molecule has 0 saturated heterocycles. The predicted molar refractivity (Wildman–Crippen MR) is 431 cm³/mol. The Morgan fingerprint density at radius 3 is 0.875 bits per heavy atom. The third kappa shape index (κ3) is 61.7. The number of hydrogen-bond acceptors (Lipinski definition) is 0. The van der Waals surface area contributed by atoms with Gasteiger partial charge >= 0.3 is 172 Å². The zero-order valence-electron chi connectivity index (χ0n) is 66.0. The first-order chi connectivity index (χ1) is 47.6. The molecule has 2 aromatic carbocycles. The van der Waals surface area contributed by atoms with Crippen molar-refractivity contribution >= 4 is 11.4 Å². The molecule has 0 aliphatic carbocycles. The van der Waals surface area contributed by atoms with Crippen LogP contribution in [0.25, 0.3) is 11.1 Å². The molecule has 0 aliphatic heterocycles. The third-order valence-electron chi connectivity index (χ3n) is 20.9. The topological polar surface area (TPSA) is 36.4 Å². The van der Waals surface area contributed by atoms with Gasteiger partial charge in [0.1, 0.15) is 0 Å². The molecule has 0 unspecified atom stereocenters. The van der Waals surface area contributed by atoms with Crippen LogP contribution in [-0.2, 0) is 20.9 Å². The van der Waals surface area contributed by atoms with E-state index in [1.54, 1.807) is 0 Å². The van der Waals surface area contributed by atoms with Gasteiger partial charge in [-0.2, -0.15) is 0 Å². The Bertz CT molecular complexity index is 1930. The molecule has 2 aromatic rings. The minimum atomic E-state index is 0.903. The standard InChI is InChI=1S/C33H46N2.2C30H61.Ni/c1-5-8-11-12-13-14-18-31(26-35-34)32(20-10-7-3)33(29-23-21-27(4)22-24-29)30-19-15-17-28(25-30)16-9-6-2;2*1-3-5-7-9-11-13-15-17-19-21-23-25-27-29-30-28-26-24-22-20-18-16-14-12-10-8-6-4-2;/h15,17,19,21-25H,5-14,16,18,20H2,1-4H3;2*1,3-30H2,2H3;. The van der Waals surface area contributed by atoms with Crippen LogP contribution in [0.3, 0.4) is 0 Å². The van der Waals surface area contributed by atoms with Crippen LogP contribution < -0.4 is 0 Å². The zero-order chi connectivity index (χ0) is 69.0. The molecule has 0 fully saturated rings. The van der Waals surface area contributed by atoms with E-state index in [-0.39, 0.29) is 0 Å². The molecule has 3 heteroatoms. The third-order valence-corrected chi connectivity index (χ3v) is 22.3. The van der Waals surface area contributed by atoms with E-state index in [2.05, 4.69) is 115 Å². The summed E-state index contributed by atoms with van der Waals surface area (Å²) in [6, 6.07) is 17.9. The molecular formula is C93H168N2Ni. The molecule has 0 aliphatic rings. The molecule has 0 saturated carbocycles. The van der Waals surface area contributed by atoms with Crippen molar-refractivity contribution in [2.75, 3.05) is 0 Å². The fourth-order valence-corrected chi connectivity index (χ4v) is 15.7. The maximum atomic E-state index is 9.55. The van der Waals surface area contributed by atoms with Crippen LogP contribution in [0.2, 0.25) is 10.8 Å². The van der Waals surface area contributed by atoms with Crippen molar-refractivity contribution in [1.29, 1.82) is 0 Å². The fraction of sp³-hybridized carbons (Fsp3) is 0.828. The average Bonchev–Trinajstić information content (AvgIpc) is 0.839. The van der Waals surface area contributed by atoms with Gasteiger partial charge in [0.15, 0.2) is 0 Å². The van der Waals surface area contributed by atoms with Gasteiger partial charge in [-0.3, -0.25) is 0 Å². The number of hydrogen-bond donors (Lipinski definition) is 0. The predicted octanol–water partition coefficient (Wildman–Crippen LogP) is 33.7. The molecule has 0 bridgehead atoms. The van der Waals surface area contributed by atoms with E-state index >= 15 is 0 Å². The summed E-state index contributed by atoms with van der Waals surface area (Å²) >= 11 is 2.06. The van der Waals surface area contributed by atoms with Crippen molar-refractivity contribution < 1.29 is 19.2 Å². The first-order valence-electron chi connectivity index (χ1n) is 43.9. The molecule has 0 spiro atoms. The van der Waals surface area contributed by atoms with Crippen molar-refractivity contribution in [2.24, 2.45) is 0 Å². The van der Waals surface area contributed by atoms with Crippen LogP contribution in [0.5, 0.6) is 0 Å². The summed E-state index contributed by atoms with van der Waals surface area (Å²) in [5.41, 5.74) is 18.3. The number of rotatable bonds is 74. The van der Waals surface area contributed by atoms with E-state index < -0.39 is 0 Å². The molecule has 2 rings (SSSR count). The fourth-order valence-electron chi connectivity index (χ4n) is 14.4. The SMILES string of the molecule is CCCCCCCCC(=C=[N+]=[N-])C(CCCC)=C(c1ccc(C)cc1)c1cccc(CCCC)c1.CCCCCCCCCCCCCCCCCCCCCCCCCCCCC[CH2][Ni][CH2]CCCCCCCCCCCCCCCCCCCCCCCCCCCCC. The van der Waals surface area contributed by atoms with Crippen LogP contribution in [-0.4, -0.2) is 10.7 Å². The Balaban J connectivity index is 0.00000111. The molecule has 0 atom stereocenters. The Morgan fingerprint density at radius 1 is 0.302 bits per heavy atom. The second-order valence-corrected chi connectivity index (χ2v) is 31.9. The quantitative estimate of drug-likeness (QED) is 0.0158. The van der Waals surface area contributed by atoms with Crippen LogP contribution in [0.4, 0.5) is 0 Å². The van der Waals surface area contributed by atoms with Gasteiger partial charge in [-0.1, -0.05) is 352 Å². The molecule has 0 radical (unpaired) electrons. The van der Waals surface area contributed by atoms with Gasteiger partial charge in [0.05, 0.1) is 5.57 Å². The Labute approximate surface area is 609 Å². The Morgan fingerprint density at radius 2 is 0.583 bits per heavy atom. The monoisotopic (exact) mass is 1370 g/mol. The molecule has 0 N–H and O–H groups in total. The Kier molecular flexibility index (Phi) is 73.7.